The number of halogens is 3. The maximum absolute atomic E-state index is 13.1. The molecule has 4 heteroatoms. The third kappa shape index (κ3) is 2.94. The van der Waals surface area contributed by atoms with Crippen LogP contribution in [0.5, 0.6) is 5.75 Å². The lowest BCUT2D eigenvalue weighted by Gasteiger charge is -2.08. The van der Waals surface area contributed by atoms with E-state index in [-0.39, 0.29) is 5.75 Å². The van der Waals surface area contributed by atoms with E-state index in [4.69, 9.17) is 4.74 Å². The van der Waals surface area contributed by atoms with Gasteiger partial charge >= 0.3 is 0 Å². The molecule has 0 aromatic heterocycles. The van der Waals surface area contributed by atoms with E-state index in [1.54, 1.807) is 0 Å². The van der Waals surface area contributed by atoms with Crippen molar-refractivity contribution in [2.24, 2.45) is 0 Å². The van der Waals surface area contributed by atoms with E-state index in [1.807, 2.05) is 6.92 Å². The van der Waals surface area contributed by atoms with E-state index in [2.05, 4.69) is 15.9 Å². The molecule has 14 heavy (non-hydrogen) atoms. The van der Waals surface area contributed by atoms with Crippen LogP contribution in [-0.4, -0.2) is 6.61 Å². The molecular weight excluding hydrogens is 254 g/mol. The van der Waals surface area contributed by atoms with Gasteiger partial charge in [0.1, 0.15) is 5.82 Å². The van der Waals surface area contributed by atoms with Gasteiger partial charge in [-0.1, -0.05) is 13.3 Å². The molecular formula is C10H11BrF2O. The molecule has 1 rings (SSSR count). The highest BCUT2D eigenvalue weighted by molar-refractivity contribution is 9.10. The molecule has 0 saturated carbocycles. The molecule has 1 aromatic rings. The third-order valence-electron chi connectivity index (χ3n) is 1.71. The molecule has 0 fully saturated rings. The van der Waals surface area contributed by atoms with Gasteiger partial charge in [0.15, 0.2) is 11.6 Å². The number of hydrogen-bond donors (Lipinski definition) is 0. The summed E-state index contributed by atoms with van der Waals surface area (Å²) >= 11 is 3.05. The van der Waals surface area contributed by atoms with E-state index < -0.39 is 11.6 Å². The zero-order valence-corrected chi connectivity index (χ0v) is 9.40. The summed E-state index contributed by atoms with van der Waals surface area (Å²) in [7, 11) is 0. The van der Waals surface area contributed by atoms with Crippen LogP contribution in [0.4, 0.5) is 8.78 Å². The first-order valence-electron chi connectivity index (χ1n) is 4.42. The lowest BCUT2D eigenvalue weighted by molar-refractivity contribution is 0.291. The molecule has 1 nitrogen and oxygen atoms in total. The summed E-state index contributed by atoms with van der Waals surface area (Å²) < 4.78 is 31.3. The molecule has 0 saturated heterocycles. The quantitative estimate of drug-likeness (QED) is 0.750. The van der Waals surface area contributed by atoms with Crippen molar-refractivity contribution in [1.82, 2.24) is 0 Å². The molecule has 0 unspecified atom stereocenters. The van der Waals surface area contributed by atoms with Crippen molar-refractivity contribution in [3.8, 4) is 5.75 Å². The second-order valence-electron chi connectivity index (χ2n) is 2.90. The standard InChI is InChI=1S/C10H11BrF2O/c1-2-3-4-14-10-8(11)5-7(12)6-9(10)13/h5-6H,2-4H2,1H3. The first-order chi connectivity index (χ1) is 6.65. The molecule has 0 bridgehead atoms. The van der Waals surface area contributed by atoms with Crippen molar-refractivity contribution >= 4 is 15.9 Å². The maximum Gasteiger partial charge on any atom is 0.169 e. The Labute approximate surface area is 90.2 Å². The van der Waals surface area contributed by atoms with E-state index in [0.29, 0.717) is 11.1 Å². The summed E-state index contributed by atoms with van der Waals surface area (Å²) in [4.78, 5) is 0. The third-order valence-corrected chi connectivity index (χ3v) is 2.30. The van der Waals surface area contributed by atoms with Crippen LogP contribution in [0.25, 0.3) is 0 Å². The van der Waals surface area contributed by atoms with Crippen LogP contribution >= 0.6 is 15.9 Å². The molecule has 0 amide bonds. The average molecular weight is 265 g/mol. The minimum atomic E-state index is -0.673. The van der Waals surface area contributed by atoms with Crippen LogP contribution in [0.3, 0.4) is 0 Å². The number of benzene rings is 1. The van der Waals surface area contributed by atoms with Crippen LogP contribution in [0.15, 0.2) is 16.6 Å². The van der Waals surface area contributed by atoms with Gasteiger partial charge in [-0.25, -0.2) is 8.78 Å². The SMILES string of the molecule is CCCCOc1c(F)cc(F)cc1Br. The minimum Gasteiger partial charge on any atom is -0.489 e. The monoisotopic (exact) mass is 264 g/mol. The molecule has 0 heterocycles. The fourth-order valence-electron chi connectivity index (χ4n) is 0.985. The normalized spacial score (nSPS) is 10.3. The number of rotatable bonds is 4. The molecule has 0 aliphatic rings. The molecule has 78 valence electrons. The molecule has 1 aromatic carbocycles. The minimum absolute atomic E-state index is 0.0832. The fourth-order valence-corrected chi connectivity index (χ4v) is 1.51. The Kier molecular flexibility index (Phi) is 4.32. The Morgan fingerprint density at radius 3 is 2.64 bits per heavy atom. The zero-order valence-electron chi connectivity index (χ0n) is 7.82. The fraction of sp³-hybridized carbons (Fsp3) is 0.400. The van der Waals surface area contributed by atoms with E-state index in [1.165, 1.54) is 6.07 Å². The molecule has 0 atom stereocenters. The smallest absolute Gasteiger partial charge is 0.169 e. The van der Waals surface area contributed by atoms with Crippen molar-refractivity contribution in [2.75, 3.05) is 6.61 Å². The van der Waals surface area contributed by atoms with Gasteiger partial charge in [0.05, 0.1) is 11.1 Å². The van der Waals surface area contributed by atoms with Gasteiger partial charge in [-0.3, -0.25) is 0 Å². The summed E-state index contributed by atoms with van der Waals surface area (Å²) in [6.45, 7) is 2.46. The Balaban J connectivity index is 2.75. The Morgan fingerprint density at radius 2 is 2.07 bits per heavy atom. The van der Waals surface area contributed by atoms with E-state index >= 15 is 0 Å². The first kappa shape index (κ1) is 11.4. The maximum atomic E-state index is 13.1. The lowest BCUT2D eigenvalue weighted by atomic mass is 10.3. The second kappa shape index (κ2) is 5.29. The Hall–Kier alpha value is -0.640. The van der Waals surface area contributed by atoms with Crippen molar-refractivity contribution in [3.05, 3.63) is 28.2 Å². The van der Waals surface area contributed by atoms with Crippen molar-refractivity contribution < 1.29 is 13.5 Å². The van der Waals surface area contributed by atoms with E-state index in [0.717, 1.165) is 18.9 Å². The zero-order chi connectivity index (χ0) is 10.6. The average Bonchev–Trinajstić information content (AvgIpc) is 2.09. The Morgan fingerprint density at radius 1 is 1.36 bits per heavy atom. The Bertz CT molecular complexity index is 292. The molecule has 0 radical (unpaired) electrons. The molecule has 0 spiro atoms. The highest BCUT2D eigenvalue weighted by atomic mass is 79.9. The van der Waals surface area contributed by atoms with Crippen molar-refractivity contribution in [3.63, 3.8) is 0 Å². The summed E-state index contributed by atoms with van der Waals surface area (Å²) in [5.41, 5.74) is 0. The number of ether oxygens (including phenoxy) is 1. The van der Waals surface area contributed by atoms with Crippen molar-refractivity contribution in [1.29, 1.82) is 0 Å². The molecule has 0 aliphatic carbocycles. The summed E-state index contributed by atoms with van der Waals surface area (Å²) in [5.74, 6) is -1.20. The van der Waals surface area contributed by atoms with Crippen molar-refractivity contribution in [2.45, 2.75) is 19.8 Å². The first-order valence-corrected chi connectivity index (χ1v) is 5.21. The second-order valence-corrected chi connectivity index (χ2v) is 3.75. The molecule has 0 aliphatic heterocycles. The number of hydrogen-bond acceptors (Lipinski definition) is 1. The van der Waals surface area contributed by atoms with Crippen LogP contribution in [0, 0.1) is 11.6 Å². The van der Waals surface area contributed by atoms with Crippen LogP contribution in [-0.2, 0) is 0 Å². The van der Waals surface area contributed by atoms with E-state index in [9.17, 15) is 8.78 Å². The predicted molar refractivity (Wildman–Crippen MR) is 54.5 cm³/mol. The van der Waals surface area contributed by atoms with Gasteiger partial charge in [0.25, 0.3) is 0 Å². The number of unbranched alkanes of at least 4 members (excludes halogenated alkanes) is 1. The van der Waals surface area contributed by atoms with Gasteiger partial charge < -0.3 is 4.74 Å². The largest absolute Gasteiger partial charge is 0.489 e. The highest BCUT2D eigenvalue weighted by Gasteiger charge is 2.10. The summed E-state index contributed by atoms with van der Waals surface area (Å²) in [6, 6.07) is 2.00. The van der Waals surface area contributed by atoms with Gasteiger partial charge in [-0.05, 0) is 28.4 Å². The summed E-state index contributed by atoms with van der Waals surface area (Å²) in [6.07, 6.45) is 1.82. The topological polar surface area (TPSA) is 9.23 Å². The van der Waals surface area contributed by atoms with Gasteiger partial charge in [0.2, 0.25) is 0 Å². The van der Waals surface area contributed by atoms with Crippen LogP contribution < -0.4 is 4.74 Å². The molecule has 0 N–H and O–H groups in total. The lowest BCUT2D eigenvalue weighted by Crippen LogP contribution is -2.00. The van der Waals surface area contributed by atoms with Crippen LogP contribution in [0.1, 0.15) is 19.8 Å². The summed E-state index contributed by atoms with van der Waals surface area (Å²) in [5, 5.41) is 0. The van der Waals surface area contributed by atoms with Gasteiger partial charge in [0, 0.05) is 6.07 Å². The van der Waals surface area contributed by atoms with Gasteiger partial charge in [-0.15, -0.1) is 0 Å². The van der Waals surface area contributed by atoms with Crippen LogP contribution in [0.2, 0.25) is 0 Å². The highest BCUT2D eigenvalue weighted by Crippen LogP contribution is 2.29. The van der Waals surface area contributed by atoms with Gasteiger partial charge in [-0.2, -0.15) is 0 Å². The predicted octanol–water partition coefficient (Wildman–Crippen LogP) is 3.91.